The van der Waals surface area contributed by atoms with E-state index in [-0.39, 0.29) is 0 Å². The van der Waals surface area contributed by atoms with Crippen molar-refractivity contribution < 1.29 is 31.5 Å². The summed E-state index contributed by atoms with van der Waals surface area (Å²) in [5.41, 5.74) is -2.30. The third-order valence-corrected chi connectivity index (χ3v) is 2.51. The van der Waals surface area contributed by atoms with Gasteiger partial charge in [0.1, 0.15) is 5.56 Å². The molecule has 2 aromatic rings. The van der Waals surface area contributed by atoms with Gasteiger partial charge in [0.05, 0.1) is 7.11 Å². The Hall–Kier alpha value is -2.58. The molecule has 0 saturated heterocycles. The van der Waals surface area contributed by atoms with Gasteiger partial charge >= 0.3 is 0 Å². The Morgan fingerprint density at radius 2 is 1.38 bits per heavy atom. The van der Waals surface area contributed by atoms with Gasteiger partial charge in [-0.3, -0.25) is 4.79 Å². The van der Waals surface area contributed by atoms with Crippen molar-refractivity contribution >= 4 is 5.78 Å². The third-order valence-electron chi connectivity index (χ3n) is 2.51. The number of methoxy groups -OCH3 is 1. The van der Waals surface area contributed by atoms with Crippen molar-refractivity contribution in [2.45, 2.75) is 0 Å². The van der Waals surface area contributed by atoms with Gasteiger partial charge in [0.2, 0.25) is 17.5 Å². The molecule has 1 aromatic carbocycles. The van der Waals surface area contributed by atoms with Gasteiger partial charge in [0.15, 0.2) is 29.0 Å². The van der Waals surface area contributed by atoms with Crippen LogP contribution in [0.4, 0.5) is 22.0 Å². The Bertz CT molecular complexity index is 707. The van der Waals surface area contributed by atoms with Crippen molar-refractivity contribution in [3.63, 3.8) is 0 Å². The Morgan fingerprint density at radius 1 is 0.905 bits per heavy atom. The predicted octanol–water partition coefficient (Wildman–Crippen LogP) is 2.41. The smallest absolute Gasteiger partial charge is 0.243 e. The Morgan fingerprint density at radius 3 is 1.90 bits per heavy atom. The van der Waals surface area contributed by atoms with Crippen LogP contribution in [0.15, 0.2) is 12.4 Å². The van der Waals surface area contributed by atoms with E-state index in [4.69, 9.17) is 0 Å². The SMILES string of the molecule is COc1nccnc1C(=O)c1c(F)c(F)c(F)c(F)c1F. The number of hydrogen-bond donors (Lipinski definition) is 0. The van der Waals surface area contributed by atoms with Crippen molar-refractivity contribution in [2.24, 2.45) is 0 Å². The second-order valence-electron chi connectivity index (χ2n) is 3.69. The molecule has 110 valence electrons. The number of aromatic nitrogens is 2. The van der Waals surface area contributed by atoms with Crippen LogP contribution in [-0.4, -0.2) is 22.9 Å². The van der Waals surface area contributed by atoms with Gasteiger partial charge in [-0.15, -0.1) is 0 Å². The zero-order valence-electron chi connectivity index (χ0n) is 10.3. The van der Waals surface area contributed by atoms with Crippen molar-refractivity contribution in [2.75, 3.05) is 7.11 Å². The second-order valence-corrected chi connectivity index (χ2v) is 3.69. The first-order chi connectivity index (χ1) is 9.90. The fourth-order valence-corrected chi connectivity index (χ4v) is 1.55. The highest BCUT2D eigenvalue weighted by molar-refractivity contribution is 6.09. The highest BCUT2D eigenvalue weighted by Gasteiger charge is 2.32. The van der Waals surface area contributed by atoms with Crippen LogP contribution in [0.1, 0.15) is 16.1 Å². The van der Waals surface area contributed by atoms with Gasteiger partial charge in [-0.2, -0.15) is 0 Å². The van der Waals surface area contributed by atoms with Gasteiger partial charge in [-0.25, -0.2) is 31.9 Å². The fraction of sp³-hybridized carbons (Fsp3) is 0.0833. The van der Waals surface area contributed by atoms with Crippen LogP contribution >= 0.6 is 0 Å². The zero-order valence-corrected chi connectivity index (χ0v) is 10.3. The fourth-order valence-electron chi connectivity index (χ4n) is 1.55. The molecule has 0 aliphatic carbocycles. The van der Waals surface area contributed by atoms with E-state index < -0.39 is 52.0 Å². The molecule has 0 amide bonds. The molecule has 0 radical (unpaired) electrons. The molecule has 0 atom stereocenters. The lowest BCUT2D eigenvalue weighted by Gasteiger charge is -2.08. The Balaban J connectivity index is 2.70. The topological polar surface area (TPSA) is 52.1 Å². The van der Waals surface area contributed by atoms with Crippen LogP contribution in [0.25, 0.3) is 0 Å². The number of carbonyl (C=O) groups is 1. The first-order valence-corrected chi connectivity index (χ1v) is 5.31. The van der Waals surface area contributed by atoms with Gasteiger partial charge in [-0.1, -0.05) is 0 Å². The highest BCUT2D eigenvalue weighted by Crippen LogP contribution is 2.26. The first kappa shape index (κ1) is 14.8. The molecule has 0 spiro atoms. The molecule has 9 heteroatoms. The molecule has 0 saturated carbocycles. The van der Waals surface area contributed by atoms with Crippen LogP contribution < -0.4 is 4.74 Å². The summed E-state index contributed by atoms with van der Waals surface area (Å²) < 4.78 is 70.8. The van der Waals surface area contributed by atoms with Gasteiger partial charge in [-0.05, 0) is 0 Å². The minimum atomic E-state index is -2.35. The molecule has 0 unspecified atom stereocenters. The quantitative estimate of drug-likeness (QED) is 0.378. The minimum absolute atomic E-state index is 0.411. The van der Waals surface area contributed by atoms with Crippen LogP contribution in [0, 0.1) is 29.1 Å². The van der Waals surface area contributed by atoms with Crippen molar-refractivity contribution in [3.8, 4) is 5.88 Å². The van der Waals surface area contributed by atoms with Crippen LogP contribution in [0.5, 0.6) is 5.88 Å². The van der Waals surface area contributed by atoms with E-state index in [2.05, 4.69) is 14.7 Å². The molecule has 0 aliphatic heterocycles. The molecule has 2 rings (SSSR count). The third kappa shape index (κ3) is 2.30. The van der Waals surface area contributed by atoms with E-state index in [1.54, 1.807) is 0 Å². The molecular formula is C12H5F5N2O2. The van der Waals surface area contributed by atoms with Crippen LogP contribution in [0.3, 0.4) is 0 Å². The van der Waals surface area contributed by atoms with E-state index in [0.29, 0.717) is 0 Å². The normalized spacial score (nSPS) is 10.6. The van der Waals surface area contributed by atoms with E-state index in [1.165, 1.54) is 0 Å². The average Bonchev–Trinajstić information content (AvgIpc) is 2.51. The maximum absolute atomic E-state index is 13.5. The Labute approximate surface area is 114 Å². The molecular weight excluding hydrogens is 299 g/mol. The highest BCUT2D eigenvalue weighted by atomic mass is 19.2. The van der Waals surface area contributed by atoms with E-state index in [9.17, 15) is 26.7 Å². The van der Waals surface area contributed by atoms with E-state index in [1.807, 2.05) is 0 Å². The number of hydrogen-bond acceptors (Lipinski definition) is 4. The van der Waals surface area contributed by atoms with Gasteiger partial charge in [0.25, 0.3) is 0 Å². The van der Waals surface area contributed by atoms with Crippen molar-refractivity contribution in [3.05, 3.63) is 52.7 Å². The summed E-state index contributed by atoms with van der Waals surface area (Å²) in [6.07, 6.45) is 2.12. The predicted molar refractivity (Wildman–Crippen MR) is 58.2 cm³/mol. The number of halogens is 5. The number of carbonyl (C=O) groups excluding carboxylic acids is 1. The van der Waals surface area contributed by atoms with E-state index >= 15 is 0 Å². The molecule has 0 fully saturated rings. The number of ketones is 1. The first-order valence-electron chi connectivity index (χ1n) is 5.31. The monoisotopic (exact) mass is 304 g/mol. The maximum Gasteiger partial charge on any atom is 0.243 e. The summed E-state index contributed by atoms with van der Waals surface area (Å²) in [4.78, 5) is 19.0. The van der Waals surface area contributed by atoms with E-state index in [0.717, 1.165) is 19.5 Å². The summed E-state index contributed by atoms with van der Waals surface area (Å²) in [7, 11) is 1.10. The number of ether oxygens (including phenoxy) is 1. The number of nitrogens with zero attached hydrogens (tertiary/aromatic N) is 2. The molecule has 4 nitrogen and oxygen atoms in total. The lowest BCUT2D eigenvalue weighted by atomic mass is 10.1. The van der Waals surface area contributed by atoms with Crippen molar-refractivity contribution in [1.29, 1.82) is 0 Å². The average molecular weight is 304 g/mol. The second kappa shape index (κ2) is 5.43. The maximum atomic E-state index is 13.5. The van der Waals surface area contributed by atoms with Crippen molar-refractivity contribution in [1.82, 2.24) is 9.97 Å². The summed E-state index contributed by atoms with van der Waals surface area (Å²) >= 11 is 0. The zero-order chi connectivity index (χ0) is 15.7. The summed E-state index contributed by atoms with van der Waals surface area (Å²) in [5.74, 6) is -13.2. The van der Waals surface area contributed by atoms with Crippen LogP contribution in [0.2, 0.25) is 0 Å². The summed E-state index contributed by atoms with van der Waals surface area (Å²) in [6, 6.07) is 0. The Kier molecular flexibility index (Phi) is 3.83. The number of rotatable bonds is 3. The molecule has 0 N–H and O–H groups in total. The number of benzene rings is 1. The molecule has 1 heterocycles. The van der Waals surface area contributed by atoms with Gasteiger partial charge < -0.3 is 4.74 Å². The molecule has 0 bridgehead atoms. The largest absolute Gasteiger partial charge is 0.479 e. The lowest BCUT2D eigenvalue weighted by Crippen LogP contribution is -2.16. The standard InChI is InChI=1S/C12H5F5N2O2/c1-21-12-10(18-2-3-19-12)11(20)4-5(13)7(15)9(17)8(16)6(4)14/h2-3H,1H3. The molecule has 1 aromatic heterocycles. The lowest BCUT2D eigenvalue weighted by molar-refractivity contribution is 0.101. The summed E-state index contributed by atoms with van der Waals surface area (Å²) in [6.45, 7) is 0. The van der Waals surface area contributed by atoms with Crippen LogP contribution in [-0.2, 0) is 0 Å². The molecule has 0 aliphatic rings. The summed E-state index contributed by atoms with van der Waals surface area (Å²) in [5, 5.41) is 0. The molecule has 21 heavy (non-hydrogen) atoms. The van der Waals surface area contributed by atoms with Gasteiger partial charge in [0, 0.05) is 12.4 Å². The minimum Gasteiger partial charge on any atom is -0.479 e.